The highest BCUT2D eigenvalue weighted by molar-refractivity contribution is 7.17. The predicted molar refractivity (Wildman–Crippen MR) is 122 cm³/mol. The van der Waals surface area contributed by atoms with Crippen LogP contribution in [-0.2, 0) is 6.54 Å². The first-order chi connectivity index (χ1) is 15.5. The van der Waals surface area contributed by atoms with Gasteiger partial charge in [0.1, 0.15) is 17.0 Å². The summed E-state index contributed by atoms with van der Waals surface area (Å²) in [6.45, 7) is 0.0108. The molecule has 0 spiro atoms. The molecule has 0 radical (unpaired) electrons. The van der Waals surface area contributed by atoms with Gasteiger partial charge in [0.15, 0.2) is 0 Å². The number of fused-ring (bicyclic) bond motifs is 1. The van der Waals surface area contributed by atoms with Gasteiger partial charge in [0.05, 0.1) is 18.3 Å². The molecule has 0 aliphatic heterocycles. The van der Waals surface area contributed by atoms with Crippen molar-refractivity contribution in [3.8, 4) is 22.8 Å². The fourth-order valence-electron chi connectivity index (χ4n) is 3.39. The van der Waals surface area contributed by atoms with Gasteiger partial charge >= 0.3 is 5.69 Å². The Bertz CT molecular complexity index is 1550. The number of thiophene rings is 1. The largest absolute Gasteiger partial charge is 0.497 e. The maximum atomic E-state index is 13.3. The first kappa shape index (κ1) is 20.2. The van der Waals surface area contributed by atoms with Gasteiger partial charge in [-0.05, 0) is 47.8 Å². The fraction of sp³-hybridized carbons (Fsp3) is 0.0909. The number of benzene rings is 2. The number of halogens is 1. The summed E-state index contributed by atoms with van der Waals surface area (Å²) in [5.41, 5.74) is 0.761. The zero-order chi connectivity index (χ0) is 22.2. The molecule has 5 rings (SSSR count). The zero-order valence-electron chi connectivity index (χ0n) is 16.7. The molecule has 160 valence electrons. The lowest BCUT2D eigenvalue weighted by atomic mass is 10.2. The summed E-state index contributed by atoms with van der Waals surface area (Å²) in [7, 11) is 1.58. The molecule has 0 aliphatic rings. The minimum absolute atomic E-state index is 0.0108. The van der Waals surface area contributed by atoms with Crippen molar-refractivity contribution < 1.29 is 9.26 Å². The second-order valence-electron chi connectivity index (χ2n) is 6.86. The highest BCUT2D eigenvalue weighted by atomic mass is 35.5. The Morgan fingerprint density at radius 2 is 1.94 bits per heavy atom. The van der Waals surface area contributed by atoms with Crippen molar-refractivity contribution in [2.45, 2.75) is 6.54 Å². The lowest BCUT2D eigenvalue weighted by molar-refractivity contribution is 0.370. The van der Waals surface area contributed by atoms with Gasteiger partial charge in [0, 0.05) is 10.6 Å². The number of hydrogen-bond acceptors (Lipinski definition) is 7. The number of rotatable bonds is 5. The quantitative estimate of drug-likeness (QED) is 0.389. The lowest BCUT2D eigenvalue weighted by Crippen LogP contribution is -2.38. The van der Waals surface area contributed by atoms with Crippen molar-refractivity contribution in [2.24, 2.45) is 0 Å². The fourth-order valence-corrected chi connectivity index (χ4v) is 4.34. The third-order valence-electron chi connectivity index (χ3n) is 4.93. The molecule has 0 amide bonds. The van der Waals surface area contributed by atoms with E-state index in [1.807, 2.05) is 18.2 Å². The van der Waals surface area contributed by atoms with Crippen LogP contribution in [0.15, 0.2) is 74.1 Å². The van der Waals surface area contributed by atoms with Crippen LogP contribution in [0.2, 0.25) is 5.02 Å². The molecule has 0 unspecified atom stereocenters. The molecule has 5 aromatic rings. The summed E-state index contributed by atoms with van der Waals surface area (Å²) >= 11 is 7.23. The molecule has 0 aliphatic carbocycles. The first-order valence-electron chi connectivity index (χ1n) is 9.51. The van der Waals surface area contributed by atoms with Crippen LogP contribution in [0.5, 0.6) is 5.75 Å². The van der Waals surface area contributed by atoms with E-state index < -0.39 is 5.69 Å². The molecule has 0 N–H and O–H groups in total. The smallest absolute Gasteiger partial charge is 0.336 e. The van der Waals surface area contributed by atoms with Crippen LogP contribution >= 0.6 is 22.9 Å². The Morgan fingerprint density at radius 3 is 2.72 bits per heavy atom. The SMILES string of the molecule is COc1cccc(-c2noc(Cn3c(=O)n(-c4ccc(Cl)cc4)c(=O)c4sccc43)n2)c1. The third kappa shape index (κ3) is 3.51. The average Bonchev–Trinajstić information content (AvgIpc) is 3.48. The second-order valence-corrected chi connectivity index (χ2v) is 8.22. The number of ether oxygens (including phenoxy) is 1. The van der Waals surface area contributed by atoms with E-state index in [1.165, 1.54) is 15.9 Å². The molecule has 0 bridgehead atoms. The number of nitrogens with zero attached hydrogens (tertiary/aromatic N) is 4. The van der Waals surface area contributed by atoms with Gasteiger partial charge in [0.2, 0.25) is 11.7 Å². The standard InChI is InChI=1S/C22H15ClN4O4S/c1-30-16-4-2-3-13(11-16)20-24-18(31-25-20)12-26-17-9-10-32-19(17)21(28)27(22(26)29)15-7-5-14(23)6-8-15/h2-11H,12H2,1H3. The van der Waals surface area contributed by atoms with Crippen molar-refractivity contribution in [1.82, 2.24) is 19.3 Å². The van der Waals surface area contributed by atoms with E-state index in [-0.39, 0.29) is 18.0 Å². The van der Waals surface area contributed by atoms with Gasteiger partial charge in [-0.15, -0.1) is 11.3 Å². The van der Waals surface area contributed by atoms with Crippen LogP contribution in [-0.4, -0.2) is 26.4 Å². The van der Waals surface area contributed by atoms with E-state index in [1.54, 1.807) is 48.9 Å². The predicted octanol–water partition coefficient (Wildman–Crippen LogP) is 3.97. The van der Waals surface area contributed by atoms with Crippen LogP contribution < -0.4 is 16.0 Å². The normalized spacial score (nSPS) is 11.2. The molecule has 3 heterocycles. The van der Waals surface area contributed by atoms with Crippen LogP contribution in [0.25, 0.3) is 27.3 Å². The zero-order valence-corrected chi connectivity index (χ0v) is 18.3. The van der Waals surface area contributed by atoms with E-state index in [4.69, 9.17) is 20.9 Å². The van der Waals surface area contributed by atoms with E-state index in [2.05, 4.69) is 10.1 Å². The molecule has 32 heavy (non-hydrogen) atoms. The highest BCUT2D eigenvalue weighted by Crippen LogP contribution is 2.22. The molecule has 10 heteroatoms. The monoisotopic (exact) mass is 466 g/mol. The van der Waals surface area contributed by atoms with Crippen LogP contribution in [0.3, 0.4) is 0 Å². The van der Waals surface area contributed by atoms with Gasteiger partial charge in [-0.25, -0.2) is 9.36 Å². The molecule has 0 atom stereocenters. The second kappa shape index (κ2) is 8.10. The van der Waals surface area contributed by atoms with Gasteiger partial charge in [-0.3, -0.25) is 9.36 Å². The minimum Gasteiger partial charge on any atom is -0.497 e. The van der Waals surface area contributed by atoms with Crippen molar-refractivity contribution in [1.29, 1.82) is 0 Å². The molecular formula is C22H15ClN4O4S. The molecule has 0 saturated carbocycles. The van der Waals surface area contributed by atoms with Gasteiger partial charge in [0.25, 0.3) is 5.56 Å². The van der Waals surface area contributed by atoms with Crippen molar-refractivity contribution in [2.75, 3.05) is 7.11 Å². The minimum atomic E-state index is -0.510. The highest BCUT2D eigenvalue weighted by Gasteiger charge is 2.18. The molecule has 2 aromatic carbocycles. The van der Waals surface area contributed by atoms with Crippen molar-refractivity contribution >= 4 is 33.2 Å². The van der Waals surface area contributed by atoms with E-state index in [0.717, 1.165) is 10.1 Å². The van der Waals surface area contributed by atoms with Crippen molar-refractivity contribution in [3.05, 3.63) is 91.7 Å². The summed E-state index contributed by atoms with van der Waals surface area (Å²) < 4.78 is 13.7. The van der Waals surface area contributed by atoms with Crippen LogP contribution in [0.1, 0.15) is 5.89 Å². The van der Waals surface area contributed by atoms with E-state index in [0.29, 0.717) is 32.5 Å². The maximum Gasteiger partial charge on any atom is 0.336 e. The van der Waals surface area contributed by atoms with E-state index >= 15 is 0 Å². The number of hydrogen-bond donors (Lipinski definition) is 0. The average molecular weight is 467 g/mol. The summed E-state index contributed by atoms with van der Waals surface area (Å²) in [5, 5.41) is 6.30. The number of aromatic nitrogens is 4. The third-order valence-corrected chi connectivity index (χ3v) is 6.07. The Balaban J connectivity index is 1.60. The molecular weight excluding hydrogens is 452 g/mol. The van der Waals surface area contributed by atoms with Crippen molar-refractivity contribution in [3.63, 3.8) is 0 Å². The Hall–Kier alpha value is -3.69. The van der Waals surface area contributed by atoms with Gasteiger partial charge in [-0.1, -0.05) is 28.9 Å². The topological polar surface area (TPSA) is 92.2 Å². The van der Waals surface area contributed by atoms with Crippen LogP contribution in [0, 0.1) is 0 Å². The lowest BCUT2D eigenvalue weighted by Gasteiger charge is -2.10. The Kier molecular flexibility index (Phi) is 5.12. The maximum absolute atomic E-state index is 13.3. The van der Waals surface area contributed by atoms with Gasteiger partial charge < -0.3 is 9.26 Å². The van der Waals surface area contributed by atoms with E-state index in [9.17, 15) is 9.59 Å². The molecule has 8 nitrogen and oxygen atoms in total. The first-order valence-corrected chi connectivity index (χ1v) is 10.8. The summed E-state index contributed by atoms with van der Waals surface area (Å²) in [5.74, 6) is 1.28. The summed E-state index contributed by atoms with van der Waals surface area (Å²) in [4.78, 5) is 30.8. The van der Waals surface area contributed by atoms with Crippen LogP contribution in [0.4, 0.5) is 0 Å². The molecule has 0 saturated heterocycles. The molecule has 0 fully saturated rings. The Labute approximate surface area is 189 Å². The summed E-state index contributed by atoms with van der Waals surface area (Å²) in [6, 6.07) is 15.5. The van der Waals surface area contributed by atoms with Gasteiger partial charge in [-0.2, -0.15) is 4.98 Å². The number of methoxy groups -OCH3 is 1. The summed E-state index contributed by atoms with van der Waals surface area (Å²) in [6.07, 6.45) is 0. The molecule has 3 aromatic heterocycles. The Morgan fingerprint density at radius 1 is 1.12 bits per heavy atom.